The zero-order chi connectivity index (χ0) is 33.1. The van der Waals surface area contributed by atoms with Gasteiger partial charge in [-0.2, -0.15) is 0 Å². The van der Waals surface area contributed by atoms with Gasteiger partial charge >= 0.3 is 23.9 Å². The number of methoxy groups -OCH3 is 1. The number of aliphatic hydroxyl groups is 1. The van der Waals surface area contributed by atoms with Crippen molar-refractivity contribution in [3.05, 3.63) is 35.1 Å². The number of esters is 4. The first-order valence-corrected chi connectivity index (χ1v) is 16.3. The first kappa shape index (κ1) is 33.7. The molecule has 1 N–H and O–H groups in total. The largest absolute Gasteiger partial charge is 0.493 e. The van der Waals surface area contributed by atoms with Gasteiger partial charge < -0.3 is 38.4 Å². The maximum absolute atomic E-state index is 13.1. The van der Waals surface area contributed by atoms with Crippen molar-refractivity contribution in [3.8, 4) is 11.5 Å². The number of carbonyl (C=O) groups is 4. The van der Waals surface area contributed by atoms with Gasteiger partial charge in [0, 0.05) is 18.0 Å². The van der Waals surface area contributed by atoms with Crippen LogP contribution in [0.2, 0.25) is 0 Å². The first-order chi connectivity index (χ1) is 22.1. The molecule has 0 amide bonds. The van der Waals surface area contributed by atoms with Crippen LogP contribution in [0.3, 0.4) is 0 Å². The lowest BCUT2D eigenvalue weighted by Gasteiger charge is -2.61. The Balaban J connectivity index is 1.25. The summed E-state index contributed by atoms with van der Waals surface area (Å²) in [5, 5.41) is 12.3. The zero-order valence-corrected chi connectivity index (χ0v) is 27.1. The Labute approximate surface area is 269 Å². The topological polar surface area (TPSA) is 147 Å². The van der Waals surface area contributed by atoms with Crippen molar-refractivity contribution < 1.29 is 52.7 Å². The molecule has 0 aromatic heterocycles. The minimum Gasteiger partial charge on any atom is -0.493 e. The van der Waals surface area contributed by atoms with E-state index >= 15 is 0 Å². The summed E-state index contributed by atoms with van der Waals surface area (Å²) in [6.07, 6.45) is 2.67. The fraction of sp³-hybridized carbons (Fsp3) is 0.647. The molecule has 4 aliphatic rings. The minimum atomic E-state index is -1.48. The van der Waals surface area contributed by atoms with E-state index in [9.17, 15) is 24.3 Å². The van der Waals surface area contributed by atoms with Crippen molar-refractivity contribution in [2.24, 2.45) is 0 Å². The van der Waals surface area contributed by atoms with E-state index in [1.165, 1.54) is 0 Å². The van der Waals surface area contributed by atoms with Crippen LogP contribution in [0, 0.1) is 0 Å². The molecule has 2 bridgehead atoms. The number of likely N-dealkylation sites (tertiary alicyclic amines) is 1. The molecular weight excluding hydrogens is 598 g/mol. The molecule has 2 aliphatic carbocycles. The minimum absolute atomic E-state index is 0.129. The molecule has 0 saturated carbocycles. The van der Waals surface area contributed by atoms with Gasteiger partial charge in [-0.1, -0.05) is 32.8 Å². The summed E-state index contributed by atoms with van der Waals surface area (Å²) >= 11 is 0. The summed E-state index contributed by atoms with van der Waals surface area (Å²) in [6.45, 7) is 4.94. The molecule has 1 aromatic carbocycles. The maximum atomic E-state index is 13.1. The highest BCUT2D eigenvalue weighted by Gasteiger charge is 2.72. The number of benzene rings is 1. The van der Waals surface area contributed by atoms with Crippen molar-refractivity contribution in [1.82, 2.24) is 4.90 Å². The molecule has 2 heterocycles. The molecule has 1 aromatic rings. The number of nitrogens with zero attached hydrogens (tertiary/aromatic N) is 1. The van der Waals surface area contributed by atoms with Crippen LogP contribution in [-0.2, 0) is 50.0 Å². The third-order valence-electron chi connectivity index (χ3n) is 9.71. The molecule has 5 atom stereocenters. The molecule has 2 aliphatic heterocycles. The van der Waals surface area contributed by atoms with Crippen molar-refractivity contribution in [2.75, 3.05) is 33.9 Å². The van der Waals surface area contributed by atoms with Crippen LogP contribution in [-0.4, -0.2) is 91.7 Å². The molecule has 5 rings (SSSR count). The van der Waals surface area contributed by atoms with Crippen LogP contribution in [0.15, 0.2) is 24.0 Å². The van der Waals surface area contributed by atoms with Crippen LogP contribution in [0.4, 0.5) is 0 Å². The molecule has 12 nitrogen and oxygen atoms in total. The Morgan fingerprint density at radius 1 is 1.04 bits per heavy atom. The van der Waals surface area contributed by atoms with E-state index in [1.807, 2.05) is 33.0 Å². The third-order valence-corrected chi connectivity index (χ3v) is 9.71. The monoisotopic (exact) mass is 643 g/mol. The predicted octanol–water partition coefficient (Wildman–Crippen LogP) is 3.28. The number of ether oxygens (including phenoxy) is 6. The number of hydrogen-bond acceptors (Lipinski definition) is 12. The molecule has 1 fully saturated rings. The quantitative estimate of drug-likeness (QED) is 0.170. The lowest BCUT2D eigenvalue weighted by molar-refractivity contribution is -0.173. The fourth-order valence-corrected chi connectivity index (χ4v) is 7.32. The highest BCUT2D eigenvalue weighted by molar-refractivity contribution is 5.85. The molecular formula is C34H45NO11. The van der Waals surface area contributed by atoms with Crippen LogP contribution in [0.5, 0.6) is 11.5 Å². The van der Waals surface area contributed by atoms with Gasteiger partial charge in [0.1, 0.15) is 5.76 Å². The molecule has 1 spiro atoms. The number of unbranched alkanes of at least 4 members (excludes halogenated alkanes) is 2. The van der Waals surface area contributed by atoms with Crippen LogP contribution in [0.1, 0.15) is 82.8 Å². The number of rotatable bonds is 15. The van der Waals surface area contributed by atoms with Gasteiger partial charge in [-0.15, -0.1) is 0 Å². The average molecular weight is 644 g/mol. The summed E-state index contributed by atoms with van der Waals surface area (Å²) in [4.78, 5) is 52.9. The average Bonchev–Trinajstić information content (AvgIpc) is 3.39. The summed E-state index contributed by atoms with van der Waals surface area (Å²) < 4.78 is 33.5. The van der Waals surface area contributed by atoms with Crippen LogP contribution in [0.25, 0.3) is 0 Å². The number of likely N-dealkylation sites (N-methyl/N-ethyl adjacent to an activating group) is 1. The Hall–Kier alpha value is -3.64. The summed E-state index contributed by atoms with van der Waals surface area (Å²) in [7, 11) is 3.58. The van der Waals surface area contributed by atoms with E-state index < -0.39 is 53.5 Å². The third kappa shape index (κ3) is 6.09. The Morgan fingerprint density at radius 2 is 1.76 bits per heavy atom. The Kier molecular flexibility index (Phi) is 10.3. The second kappa shape index (κ2) is 14.0. The van der Waals surface area contributed by atoms with Gasteiger partial charge in [0.2, 0.25) is 6.10 Å². The van der Waals surface area contributed by atoms with Crippen molar-refractivity contribution >= 4 is 23.9 Å². The number of piperidine rings is 1. The van der Waals surface area contributed by atoms with Crippen LogP contribution < -0.4 is 9.47 Å². The summed E-state index contributed by atoms with van der Waals surface area (Å²) in [6, 6.07) is 3.73. The second-order valence-electron chi connectivity index (χ2n) is 12.5. The van der Waals surface area contributed by atoms with E-state index in [2.05, 4.69) is 4.90 Å². The van der Waals surface area contributed by atoms with Crippen LogP contribution >= 0.6 is 0 Å². The lowest BCUT2D eigenvalue weighted by Crippen LogP contribution is -2.74. The summed E-state index contributed by atoms with van der Waals surface area (Å²) in [5.41, 5.74) is 0.0148. The van der Waals surface area contributed by atoms with Gasteiger partial charge in [-0.25, -0.2) is 4.79 Å². The normalized spacial score (nSPS) is 26.2. The van der Waals surface area contributed by atoms with E-state index in [0.717, 1.165) is 30.5 Å². The van der Waals surface area contributed by atoms with Gasteiger partial charge in [-0.3, -0.25) is 14.4 Å². The number of hydrogen-bond donors (Lipinski definition) is 1. The zero-order valence-electron chi connectivity index (χ0n) is 27.1. The van der Waals surface area contributed by atoms with E-state index in [1.54, 1.807) is 13.2 Å². The Bertz CT molecular complexity index is 1370. The highest BCUT2D eigenvalue weighted by Crippen LogP contribution is 2.65. The predicted molar refractivity (Wildman–Crippen MR) is 163 cm³/mol. The van der Waals surface area contributed by atoms with E-state index in [0.29, 0.717) is 37.2 Å². The molecule has 252 valence electrons. The SMILES string of the molecule is CCCCOC(=O)C[C@@H](OC(=O)CCC(=O)OC1=CC[C@@]2(O)[C@H]3Cc4ccc(OC)c5c4[C@@]2(CCN3C)[C@H]1O5)C(=O)OCCCC. The van der Waals surface area contributed by atoms with Gasteiger partial charge in [0.15, 0.2) is 17.6 Å². The standard InChI is InChI=1S/C34H45NO11/c1-5-7-17-42-28(38)20-24(32(39)43-18-8-6-2)45-27(37)12-11-26(36)44-23-13-14-34(40)25-19-21-9-10-22(41-4)30-29(21)33(34,31(23)46-30)15-16-35(25)3/h9-10,13,24-25,31,40H,5-8,11-12,14-20H2,1-4H3/t24-,25-,31+,33+,34-/m1/s1. The molecule has 46 heavy (non-hydrogen) atoms. The Morgan fingerprint density at radius 3 is 2.48 bits per heavy atom. The second-order valence-corrected chi connectivity index (χ2v) is 12.5. The van der Waals surface area contributed by atoms with Crippen molar-refractivity contribution in [3.63, 3.8) is 0 Å². The first-order valence-electron chi connectivity index (χ1n) is 16.3. The molecule has 0 unspecified atom stereocenters. The fourth-order valence-electron chi connectivity index (χ4n) is 7.32. The lowest BCUT2D eigenvalue weighted by atomic mass is 9.50. The van der Waals surface area contributed by atoms with Gasteiger partial charge in [-0.05, 0) is 57.0 Å². The van der Waals surface area contributed by atoms with Gasteiger partial charge in [0.05, 0.1) is 50.6 Å². The maximum Gasteiger partial charge on any atom is 0.348 e. The molecule has 0 radical (unpaired) electrons. The van der Waals surface area contributed by atoms with Gasteiger partial charge in [0.25, 0.3) is 0 Å². The number of carbonyl (C=O) groups excluding carboxylic acids is 4. The van der Waals surface area contributed by atoms with E-state index in [4.69, 9.17) is 28.4 Å². The highest BCUT2D eigenvalue weighted by atomic mass is 16.6. The van der Waals surface area contributed by atoms with E-state index in [-0.39, 0.29) is 44.3 Å². The molecule has 1 saturated heterocycles. The van der Waals surface area contributed by atoms with Crippen molar-refractivity contribution in [2.45, 2.75) is 107 Å². The summed E-state index contributed by atoms with van der Waals surface area (Å²) in [5.74, 6) is -1.68. The smallest absolute Gasteiger partial charge is 0.348 e. The van der Waals surface area contributed by atoms with Crippen molar-refractivity contribution in [1.29, 1.82) is 0 Å². The molecule has 12 heteroatoms.